The third kappa shape index (κ3) is 5.53. The molecule has 1 aliphatic heterocycles. The Labute approximate surface area is 228 Å². The molecule has 5 rings (SSSR count). The van der Waals surface area contributed by atoms with Gasteiger partial charge in [0, 0.05) is 37.3 Å². The topological polar surface area (TPSA) is 111 Å². The molecule has 0 aromatic heterocycles. The first-order valence-corrected chi connectivity index (χ1v) is 12.9. The Bertz CT molecular complexity index is 1340. The summed E-state index contributed by atoms with van der Waals surface area (Å²) in [6.07, 6.45) is 1.94. The average molecular weight is 539 g/mol. The second-order valence-electron chi connectivity index (χ2n) is 9.93. The molecule has 1 aliphatic carbocycles. The molecule has 0 spiro atoms. The molecular formula is C29H35ClN4O4. The first kappa shape index (κ1) is 27.6. The maximum atomic E-state index is 12.0. The van der Waals surface area contributed by atoms with Gasteiger partial charge in [-0.25, -0.2) is 0 Å². The SMILES string of the molecule is CN1CCc2cccc3c2[C@H]1Cc1ccc(O)c(O)c1-3.COc1cc(N)c(Cl)cc1C(=O)NCCN(C)C. The van der Waals surface area contributed by atoms with Crippen molar-refractivity contribution in [3.63, 3.8) is 0 Å². The second-order valence-corrected chi connectivity index (χ2v) is 10.3. The normalized spacial score (nSPS) is 15.7. The van der Waals surface area contributed by atoms with Gasteiger partial charge in [0.2, 0.25) is 0 Å². The summed E-state index contributed by atoms with van der Waals surface area (Å²) >= 11 is 5.90. The highest BCUT2D eigenvalue weighted by Crippen LogP contribution is 2.49. The predicted molar refractivity (Wildman–Crippen MR) is 151 cm³/mol. The van der Waals surface area contributed by atoms with Crippen molar-refractivity contribution in [1.29, 1.82) is 0 Å². The first-order valence-electron chi connectivity index (χ1n) is 12.5. The number of ether oxygens (including phenoxy) is 1. The number of nitrogens with one attached hydrogen (secondary N) is 1. The van der Waals surface area contributed by atoms with Crippen molar-refractivity contribution in [3.05, 3.63) is 69.7 Å². The fourth-order valence-corrected chi connectivity index (χ4v) is 5.24. The Kier molecular flexibility index (Phi) is 8.35. The molecule has 0 saturated heterocycles. The van der Waals surface area contributed by atoms with E-state index in [0.29, 0.717) is 34.6 Å². The Morgan fingerprint density at radius 1 is 1.21 bits per heavy atom. The number of hydrogen-bond acceptors (Lipinski definition) is 7. The predicted octanol–water partition coefficient (Wildman–Crippen LogP) is 4.07. The van der Waals surface area contributed by atoms with Gasteiger partial charge < -0.3 is 30.9 Å². The Hall–Kier alpha value is -3.46. The summed E-state index contributed by atoms with van der Waals surface area (Å²) in [5.41, 5.74) is 12.1. The highest BCUT2D eigenvalue weighted by Gasteiger charge is 2.34. The van der Waals surface area contributed by atoms with Crippen LogP contribution in [-0.4, -0.2) is 73.8 Å². The highest BCUT2D eigenvalue weighted by atomic mass is 35.5. The fourth-order valence-electron chi connectivity index (χ4n) is 5.08. The van der Waals surface area contributed by atoms with E-state index in [9.17, 15) is 15.0 Å². The second kappa shape index (κ2) is 11.5. The van der Waals surface area contributed by atoms with Crippen LogP contribution in [0.2, 0.25) is 5.02 Å². The Morgan fingerprint density at radius 2 is 1.97 bits per heavy atom. The number of carbonyl (C=O) groups is 1. The van der Waals surface area contributed by atoms with Crippen LogP contribution in [0.25, 0.3) is 11.1 Å². The lowest BCUT2D eigenvalue weighted by molar-refractivity contribution is 0.0948. The number of nitrogen functional groups attached to an aromatic ring is 1. The van der Waals surface area contributed by atoms with E-state index in [0.717, 1.165) is 42.6 Å². The number of aromatic hydroxyl groups is 2. The molecule has 1 atom stereocenters. The molecule has 202 valence electrons. The summed E-state index contributed by atoms with van der Waals surface area (Å²) in [7, 11) is 7.52. The minimum atomic E-state index is -0.226. The zero-order valence-corrected chi connectivity index (χ0v) is 23.0. The summed E-state index contributed by atoms with van der Waals surface area (Å²) < 4.78 is 5.12. The standard InChI is InChI=1S/C17H17NO2.C12H18ClN3O2/c1-18-8-7-10-3-2-4-12-15(10)13(18)9-11-5-6-14(19)17(20)16(11)12;1-16(2)5-4-15-12(17)8-6-9(13)10(14)7-11(8)18-3/h2-6,13,19-20H,7-9H2,1H3;6-7H,4-5,14H2,1-3H3,(H,15,17)/t13-;/m1./s1. The smallest absolute Gasteiger partial charge is 0.255 e. The van der Waals surface area contributed by atoms with E-state index in [2.05, 4.69) is 35.5 Å². The number of nitrogens with two attached hydrogens (primary N) is 1. The number of likely N-dealkylation sites (N-methyl/N-ethyl adjacent to an activating group) is 2. The number of anilines is 1. The largest absolute Gasteiger partial charge is 0.504 e. The molecule has 0 unspecified atom stereocenters. The van der Waals surface area contributed by atoms with Crippen molar-refractivity contribution in [3.8, 4) is 28.4 Å². The monoisotopic (exact) mass is 538 g/mol. The van der Waals surface area contributed by atoms with E-state index in [1.807, 2.05) is 25.1 Å². The number of phenolic OH excluding ortho intramolecular Hbond substituents is 2. The number of fused-ring (bicyclic) bond motifs is 2. The van der Waals surface area contributed by atoms with Crippen molar-refractivity contribution in [2.45, 2.75) is 18.9 Å². The Balaban J connectivity index is 0.000000179. The molecule has 0 saturated carbocycles. The van der Waals surface area contributed by atoms with E-state index in [1.54, 1.807) is 12.1 Å². The van der Waals surface area contributed by atoms with Gasteiger partial charge in [0.15, 0.2) is 11.5 Å². The van der Waals surface area contributed by atoms with E-state index in [1.165, 1.54) is 24.3 Å². The lowest BCUT2D eigenvalue weighted by atomic mass is 9.77. The highest BCUT2D eigenvalue weighted by molar-refractivity contribution is 6.33. The van der Waals surface area contributed by atoms with E-state index < -0.39 is 0 Å². The molecule has 0 fully saturated rings. The van der Waals surface area contributed by atoms with Crippen LogP contribution in [0.5, 0.6) is 17.2 Å². The summed E-state index contributed by atoms with van der Waals surface area (Å²) in [6.45, 7) is 2.38. The zero-order valence-electron chi connectivity index (χ0n) is 22.2. The minimum absolute atomic E-state index is 0.0163. The van der Waals surface area contributed by atoms with E-state index in [4.69, 9.17) is 22.1 Å². The fraction of sp³-hybridized carbons (Fsp3) is 0.345. The quantitative estimate of drug-likeness (QED) is 0.286. The lowest BCUT2D eigenvalue weighted by Crippen LogP contribution is -2.35. The number of methoxy groups -OCH3 is 1. The summed E-state index contributed by atoms with van der Waals surface area (Å²) in [4.78, 5) is 16.3. The first-order chi connectivity index (χ1) is 18.1. The maximum Gasteiger partial charge on any atom is 0.255 e. The minimum Gasteiger partial charge on any atom is -0.504 e. The number of nitrogens with zero attached hydrogens (tertiary/aromatic N) is 2. The van der Waals surface area contributed by atoms with Crippen LogP contribution in [0, 0.1) is 0 Å². The molecule has 3 aromatic rings. The summed E-state index contributed by atoms with van der Waals surface area (Å²) in [6, 6.07) is 13.3. The molecule has 1 heterocycles. The number of hydrogen-bond donors (Lipinski definition) is 4. The average Bonchev–Trinajstić information content (AvgIpc) is 2.89. The third-order valence-electron chi connectivity index (χ3n) is 7.13. The molecule has 0 radical (unpaired) electrons. The molecule has 8 nitrogen and oxygen atoms in total. The van der Waals surface area contributed by atoms with Gasteiger partial charge in [-0.05, 0) is 68.4 Å². The summed E-state index contributed by atoms with van der Waals surface area (Å²) in [5, 5.41) is 23.2. The van der Waals surface area contributed by atoms with Gasteiger partial charge in [-0.1, -0.05) is 35.9 Å². The number of halogens is 1. The van der Waals surface area contributed by atoms with E-state index in [-0.39, 0.29) is 17.4 Å². The van der Waals surface area contributed by atoms with Gasteiger partial charge in [0.1, 0.15) is 5.75 Å². The van der Waals surface area contributed by atoms with Crippen LogP contribution in [0.3, 0.4) is 0 Å². The van der Waals surface area contributed by atoms with Gasteiger partial charge >= 0.3 is 0 Å². The third-order valence-corrected chi connectivity index (χ3v) is 7.46. The Morgan fingerprint density at radius 3 is 2.68 bits per heavy atom. The number of benzene rings is 3. The zero-order chi connectivity index (χ0) is 27.6. The van der Waals surface area contributed by atoms with E-state index >= 15 is 0 Å². The van der Waals surface area contributed by atoms with Crippen molar-refractivity contribution in [2.75, 3.05) is 53.6 Å². The van der Waals surface area contributed by atoms with Crippen molar-refractivity contribution >= 4 is 23.2 Å². The van der Waals surface area contributed by atoms with Crippen LogP contribution < -0.4 is 15.8 Å². The molecular weight excluding hydrogens is 504 g/mol. The molecule has 5 N–H and O–H groups in total. The van der Waals surface area contributed by atoms with Gasteiger partial charge in [0.05, 0.1) is 23.4 Å². The number of rotatable bonds is 5. The van der Waals surface area contributed by atoms with Crippen LogP contribution in [0.4, 0.5) is 5.69 Å². The van der Waals surface area contributed by atoms with Gasteiger partial charge in [0.25, 0.3) is 5.91 Å². The number of carbonyl (C=O) groups excluding carboxylic acids is 1. The van der Waals surface area contributed by atoms with Gasteiger partial charge in [-0.2, -0.15) is 0 Å². The maximum absolute atomic E-state index is 12.0. The van der Waals surface area contributed by atoms with Crippen LogP contribution >= 0.6 is 11.6 Å². The van der Waals surface area contributed by atoms with Crippen LogP contribution in [0.1, 0.15) is 33.1 Å². The van der Waals surface area contributed by atoms with Crippen LogP contribution in [0.15, 0.2) is 42.5 Å². The molecule has 1 amide bonds. The number of phenols is 2. The van der Waals surface area contributed by atoms with Gasteiger partial charge in [-0.15, -0.1) is 0 Å². The van der Waals surface area contributed by atoms with Gasteiger partial charge in [-0.3, -0.25) is 9.69 Å². The molecule has 38 heavy (non-hydrogen) atoms. The number of amides is 1. The lowest BCUT2D eigenvalue weighted by Gasteiger charge is -2.39. The van der Waals surface area contributed by atoms with Crippen molar-refractivity contribution in [1.82, 2.24) is 15.1 Å². The van der Waals surface area contributed by atoms with Crippen molar-refractivity contribution in [2.24, 2.45) is 0 Å². The summed E-state index contributed by atoms with van der Waals surface area (Å²) in [5.74, 6) is 0.168. The van der Waals surface area contributed by atoms with Crippen LogP contribution in [-0.2, 0) is 12.8 Å². The molecule has 3 aromatic carbocycles. The molecule has 2 aliphatic rings. The molecule has 0 bridgehead atoms. The molecule has 9 heteroatoms. The van der Waals surface area contributed by atoms with Crippen molar-refractivity contribution < 1.29 is 19.7 Å².